The second-order valence-electron chi connectivity index (χ2n) is 4.09. The Bertz CT molecular complexity index is 362. The van der Waals surface area contributed by atoms with Crippen LogP contribution in [0.5, 0.6) is 0 Å². The summed E-state index contributed by atoms with van der Waals surface area (Å²) in [5, 5.41) is 0. The van der Waals surface area contributed by atoms with Gasteiger partial charge in [0, 0.05) is 6.21 Å². The van der Waals surface area contributed by atoms with Gasteiger partial charge in [-0.25, -0.2) is 9.78 Å². The summed E-state index contributed by atoms with van der Waals surface area (Å²) in [5.41, 5.74) is 0.730. The lowest BCUT2D eigenvalue weighted by Crippen LogP contribution is -2.28. The van der Waals surface area contributed by atoms with Gasteiger partial charge in [-0.2, -0.15) is 0 Å². The molecular formula is C14H19NO2. The van der Waals surface area contributed by atoms with Crippen LogP contribution in [0, 0.1) is 0 Å². The second-order valence-corrected chi connectivity index (χ2v) is 4.09. The zero-order valence-corrected chi connectivity index (χ0v) is 10.4. The van der Waals surface area contributed by atoms with Crippen LogP contribution >= 0.6 is 0 Å². The number of aliphatic imine (C=N–C) groups is 1. The summed E-state index contributed by atoms with van der Waals surface area (Å²) < 4.78 is 0. The van der Waals surface area contributed by atoms with Crippen LogP contribution in [0.4, 0.5) is 0 Å². The van der Waals surface area contributed by atoms with Gasteiger partial charge in [-0.1, -0.05) is 36.4 Å². The van der Waals surface area contributed by atoms with E-state index in [0.29, 0.717) is 6.61 Å². The summed E-state index contributed by atoms with van der Waals surface area (Å²) in [6.45, 7) is 6.15. The highest BCUT2D eigenvalue weighted by Gasteiger charge is 2.21. The maximum absolute atomic E-state index is 4.98. The molecule has 1 atom stereocenters. The van der Waals surface area contributed by atoms with E-state index in [1.54, 1.807) is 0 Å². The van der Waals surface area contributed by atoms with Gasteiger partial charge in [-0.05, 0) is 18.9 Å². The van der Waals surface area contributed by atoms with Crippen LogP contribution < -0.4 is 0 Å². The van der Waals surface area contributed by atoms with Crippen molar-refractivity contribution in [1.29, 1.82) is 0 Å². The van der Waals surface area contributed by atoms with Gasteiger partial charge < -0.3 is 0 Å². The molecule has 0 saturated carbocycles. The number of hydrogen-bond donors (Lipinski definition) is 0. The zero-order valence-electron chi connectivity index (χ0n) is 10.4. The molecule has 92 valence electrons. The van der Waals surface area contributed by atoms with Gasteiger partial charge in [0.2, 0.25) is 0 Å². The topological polar surface area (TPSA) is 30.8 Å². The largest absolute Gasteiger partial charge is 0.283 e. The van der Waals surface area contributed by atoms with E-state index in [1.165, 1.54) is 7.11 Å². The minimum absolute atomic E-state index is 0.340. The summed E-state index contributed by atoms with van der Waals surface area (Å²) >= 11 is 0. The number of rotatable bonds is 7. The van der Waals surface area contributed by atoms with Crippen LogP contribution in [0.25, 0.3) is 0 Å². The van der Waals surface area contributed by atoms with Crippen LogP contribution in [-0.4, -0.2) is 25.5 Å². The SMILES string of the molecule is C=CCC(C)(COOC)/N=C\c1ccccc1. The fourth-order valence-electron chi connectivity index (χ4n) is 1.42. The summed E-state index contributed by atoms with van der Waals surface area (Å²) in [6, 6.07) is 9.97. The summed E-state index contributed by atoms with van der Waals surface area (Å²) in [4.78, 5) is 14.2. The third-order valence-electron chi connectivity index (χ3n) is 2.40. The van der Waals surface area contributed by atoms with Crippen LogP contribution in [-0.2, 0) is 9.78 Å². The molecule has 0 bridgehead atoms. The van der Waals surface area contributed by atoms with E-state index in [4.69, 9.17) is 4.89 Å². The third-order valence-corrected chi connectivity index (χ3v) is 2.40. The Labute approximate surface area is 103 Å². The lowest BCUT2D eigenvalue weighted by Gasteiger charge is -2.22. The Kier molecular flexibility index (Phi) is 5.60. The zero-order chi connectivity index (χ0) is 12.6. The van der Waals surface area contributed by atoms with E-state index in [2.05, 4.69) is 16.5 Å². The predicted molar refractivity (Wildman–Crippen MR) is 70.2 cm³/mol. The van der Waals surface area contributed by atoms with E-state index in [1.807, 2.05) is 49.5 Å². The van der Waals surface area contributed by atoms with E-state index >= 15 is 0 Å². The molecule has 0 aromatic heterocycles. The highest BCUT2D eigenvalue weighted by Crippen LogP contribution is 2.16. The molecule has 0 fully saturated rings. The van der Waals surface area contributed by atoms with Crippen LogP contribution in [0.15, 0.2) is 48.0 Å². The molecule has 0 heterocycles. The molecule has 0 radical (unpaired) electrons. The lowest BCUT2D eigenvalue weighted by atomic mass is 10.00. The smallest absolute Gasteiger partial charge is 0.107 e. The van der Waals surface area contributed by atoms with Crippen molar-refractivity contribution in [3.63, 3.8) is 0 Å². The molecule has 17 heavy (non-hydrogen) atoms. The van der Waals surface area contributed by atoms with Gasteiger partial charge in [-0.15, -0.1) is 6.58 Å². The number of benzene rings is 1. The fraction of sp³-hybridized carbons (Fsp3) is 0.357. The van der Waals surface area contributed by atoms with E-state index in [9.17, 15) is 0 Å². The average Bonchev–Trinajstić information content (AvgIpc) is 2.36. The summed E-state index contributed by atoms with van der Waals surface area (Å²) in [6.07, 6.45) is 4.42. The fourth-order valence-corrected chi connectivity index (χ4v) is 1.42. The Balaban J connectivity index is 2.71. The minimum Gasteiger partial charge on any atom is -0.283 e. The van der Waals surface area contributed by atoms with Crippen molar-refractivity contribution in [2.24, 2.45) is 4.99 Å². The number of nitrogens with zero attached hydrogens (tertiary/aromatic N) is 1. The molecule has 3 heteroatoms. The molecule has 0 amide bonds. The first-order valence-electron chi connectivity index (χ1n) is 5.57. The molecule has 0 aliphatic carbocycles. The predicted octanol–water partition coefficient (Wildman–Crippen LogP) is 3.02. The Hall–Kier alpha value is -1.45. The van der Waals surface area contributed by atoms with E-state index in [0.717, 1.165) is 12.0 Å². The molecule has 0 N–H and O–H groups in total. The molecule has 0 aliphatic rings. The molecule has 1 rings (SSSR count). The highest BCUT2D eigenvalue weighted by atomic mass is 17.2. The first-order chi connectivity index (χ1) is 8.20. The first-order valence-corrected chi connectivity index (χ1v) is 5.57. The van der Waals surface area contributed by atoms with Gasteiger partial charge in [0.25, 0.3) is 0 Å². The van der Waals surface area contributed by atoms with Gasteiger partial charge >= 0.3 is 0 Å². The van der Waals surface area contributed by atoms with Crippen LogP contribution in [0.3, 0.4) is 0 Å². The Morgan fingerprint density at radius 1 is 1.35 bits per heavy atom. The third kappa shape index (κ3) is 4.93. The number of hydrogen-bond acceptors (Lipinski definition) is 3. The highest BCUT2D eigenvalue weighted by molar-refractivity contribution is 5.79. The van der Waals surface area contributed by atoms with E-state index in [-0.39, 0.29) is 5.54 Å². The van der Waals surface area contributed by atoms with Crippen molar-refractivity contribution >= 4 is 6.21 Å². The van der Waals surface area contributed by atoms with Crippen molar-refractivity contribution in [2.75, 3.05) is 13.7 Å². The van der Waals surface area contributed by atoms with Crippen LogP contribution in [0.1, 0.15) is 18.9 Å². The van der Waals surface area contributed by atoms with Crippen molar-refractivity contribution in [2.45, 2.75) is 18.9 Å². The lowest BCUT2D eigenvalue weighted by molar-refractivity contribution is -0.280. The Morgan fingerprint density at radius 2 is 2.06 bits per heavy atom. The van der Waals surface area contributed by atoms with Gasteiger partial charge in [0.1, 0.15) is 6.61 Å². The normalized spacial score (nSPS) is 14.7. The van der Waals surface area contributed by atoms with Gasteiger partial charge in [0.15, 0.2) is 0 Å². The molecule has 1 unspecified atom stereocenters. The molecule has 0 saturated heterocycles. The molecular weight excluding hydrogens is 214 g/mol. The maximum Gasteiger partial charge on any atom is 0.107 e. The van der Waals surface area contributed by atoms with E-state index < -0.39 is 0 Å². The maximum atomic E-state index is 4.98. The standard InChI is InChI=1S/C14H19NO2/c1-4-10-14(2,12-17-16-3)15-11-13-8-6-5-7-9-13/h4-9,11H,1,10,12H2,2-3H3/b15-11-. The van der Waals surface area contributed by atoms with Crippen molar-refractivity contribution in [1.82, 2.24) is 0 Å². The molecule has 0 aliphatic heterocycles. The second kappa shape index (κ2) is 6.99. The van der Waals surface area contributed by atoms with Crippen molar-refractivity contribution in [3.05, 3.63) is 48.6 Å². The van der Waals surface area contributed by atoms with Gasteiger partial charge in [0.05, 0.1) is 12.6 Å². The first kappa shape index (κ1) is 13.6. The van der Waals surface area contributed by atoms with Crippen molar-refractivity contribution in [3.8, 4) is 0 Å². The Morgan fingerprint density at radius 3 is 2.65 bits per heavy atom. The van der Waals surface area contributed by atoms with Gasteiger partial charge in [-0.3, -0.25) is 4.99 Å². The molecule has 3 nitrogen and oxygen atoms in total. The molecule has 1 aromatic carbocycles. The minimum atomic E-state index is -0.340. The molecule has 0 spiro atoms. The van der Waals surface area contributed by atoms with Crippen LogP contribution in [0.2, 0.25) is 0 Å². The summed E-state index contributed by atoms with van der Waals surface area (Å²) in [5.74, 6) is 0. The monoisotopic (exact) mass is 233 g/mol. The average molecular weight is 233 g/mol. The molecule has 1 aromatic rings. The summed E-state index contributed by atoms with van der Waals surface area (Å²) in [7, 11) is 1.50. The van der Waals surface area contributed by atoms with Crippen molar-refractivity contribution < 1.29 is 9.78 Å². The quantitative estimate of drug-likeness (QED) is 0.314.